The molecule has 0 aromatic heterocycles. The van der Waals surface area contributed by atoms with Crippen LogP contribution >= 0.6 is 0 Å². The second kappa shape index (κ2) is 5.48. The summed E-state index contributed by atoms with van der Waals surface area (Å²) >= 11 is 0. The molecular formula is C8H18O4. The standard InChI is InChI=1S/C7H14O3.CH4O/c1-4-3-6(8)10-5(2)7(4)9;1-2/h4-9H,3H2,1-2H3;2H,1H3/t4?,5?,6-,7-;/m1./s1. The van der Waals surface area contributed by atoms with Crippen molar-refractivity contribution in [1.29, 1.82) is 0 Å². The van der Waals surface area contributed by atoms with E-state index in [-0.39, 0.29) is 12.0 Å². The largest absolute Gasteiger partial charge is 0.400 e. The molecule has 0 bridgehead atoms. The van der Waals surface area contributed by atoms with Crippen molar-refractivity contribution < 1.29 is 20.1 Å². The lowest BCUT2D eigenvalue weighted by molar-refractivity contribution is -0.209. The van der Waals surface area contributed by atoms with E-state index in [1.807, 2.05) is 6.92 Å². The van der Waals surface area contributed by atoms with E-state index in [0.717, 1.165) is 7.11 Å². The molecule has 1 rings (SSSR count). The predicted molar refractivity (Wildman–Crippen MR) is 44.5 cm³/mol. The second-order valence-electron chi connectivity index (χ2n) is 3.00. The molecule has 1 aliphatic rings. The summed E-state index contributed by atoms with van der Waals surface area (Å²) < 4.78 is 4.97. The third kappa shape index (κ3) is 3.06. The van der Waals surface area contributed by atoms with Crippen molar-refractivity contribution in [3.63, 3.8) is 0 Å². The van der Waals surface area contributed by atoms with E-state index >= 15 is 0 Å². The first kappa shape index (κ1) is 11.8. The Kier molecular flexibility index (Phi) is 5.41. The Balaban J connectivity index is 0.000000561. The van der Waals surface area contributed by atoms with Gasteiger partial charge in [-0.15, -0.1) is 0 Å². The Labute approximate surface area is 72.8 Å². The summed E-state index contributed by atoms with van der Waals surface area (Å²) in [4.78, 5) is 0. The molecule has 1 heterocycles. The van der Waals surface area contributed by atoms with Gasteiger partial charge in [0.1, 0.15) is 0 Å². The first-order chi connectivity index (χ1) is 5.61. The lowest BCUT2D eigenvalue weighted by Gasteiger charge is -2.33. The van der Waals surface area contributed by atoms with E-state index in [1.165, 1.54) is 0 Å². The van der Waals surface area contributed by atoms with Crippen LogP contribution in [0.1, 0.15) is 20.3 Å². The van der Waals surface area contributed by atoms with Crippen LogP contribution in [0.25, 0.3) is 0 Å². The van der Waals surface area contributed by atoms with E-state index < -0.39 is 12.4 Å². The molecule has 0 amide bonds. The van der Waals surface area contributed by atoms with E-state index in [9.17, 15) is 5.11 Å². The van der Waals surface area contributed by atoms with Gasteiger partial charge >= 0.3 is 0 Å². The van der Waals surface area contributed by atoms with Crippen molar-refractivity contribution in [1.82, 2.24) is 0 Å². The molecule has 0 spiro atoms. The predicted octanol–water partition coefficient (Wildman–Crippen LogP) is -0.281. The molecule has 74 valence electrons. The van der Waals surface area contributed by atoms with Gasteiger partial charge in [-0.3, -0.25) is 0 Å². The monoisotopic (exact) mass is 178 g/mol. The van der Waals surface area contributed by atoms with E-state index in [2.05, 4.69) is 0 Å². The van der Waals surface area contributed by atoms with Gasteiger partial charge in [0.15, 0.2) is 6.29 Å². The molecule has 4 heteroatoms. The molecule has 0 saturated carbocycles. The van der Waals surface area contributed by atoms with Gasteiger partial charge in [-0.25, -0.2) is 0 Å². The molecule has 1 aliphatic heterocycles. The quantitative estimate of drug-likeness (QED) is 0.477. The highest BCUT2D eigenvalue weighted by Crippen LogP contribution is 2.23. The molecule has 4 nitrogen and oxygen atoms in total. The summed E-state index contributed by atoms with van der Waals surface area (Å²) in [6.45, 7) is 3.68. The molecular weight excluding hydrogens is 160 g/mol. The summed E-state index contributed by atoms with van der Waals surface area (Å²) in [6, 6.07) is 0. The Morgan fingerprint density at radius 3 is 2.08 bits per heavy atom. The minimum absolute atomic E-state index is 0.138. The highest BCUT2D eigenvalue weighted by atomic mass is 16.6. The highest BCUT2D eigenvalue weighted by molar-refractivity contribution is 4.76. The lowest BCUT2D eigenvalue weighted by atomic mass is 9.94. The van der Waals surface area contributed by atoms with Crippen LogP contribution in [0.3, 0.4) is 0 Å². The van der Waals surface area contributed by atoms with E-state index in [4.69, 9.17) is 14.9 Å². The highest BCUT2D eigenvalue weighted by Gasteiger charge is 2.30. The van der Waals surface area contributed by atoms with Crippen LogP contribution in [0, 0.1) is 5.92 Å². The van der Waals surface area contributed by atoms with Crippen molar-refractivity contribution >= 4 is 0 Å². The molecule has 12 heavy (non-hydrogen) atoms. The maximum atomic E-state index is 9.33. The number of hydrogen-bond acceptors (Lipinski definition) is 4. The van der Waals surface area contributed by atoms with Gasteiger partial charge in [0, 0.05) is 13.5 Å². The molecule has 4 atom stereocenters. The fourth-order valence-electron chi connectivity index (χ4n) is 1.30. The minimum Gasteiger partial charge on any atom is -0.400 e. The Morgan fingerprint density at radius 2 is 1.67 bits per heavy atom. The molecule has 1 fully saturated rings. The first-order valence-electron chi connectivity index (χ1n) is 4.07. The second-order valence-corrected chi connectivity index (χ2v) is 3.00. The number of aliphatic hydroxyl groups excluding tert-OH is 3. The van der Waals surface area contributed by atoms with Gasteiger partial charge in [-0.2, -0.15) is 0 Å². The summed E-state index contributed by atoms with van der Waals surface area (Å²) in [5.41, 5.74) is 0. The minimum atomic E-state index is -0.687. The van der Waals surface area contributed by atoms with Gasteiger partial charge in [0.25, 0.3) is 0 Å². The summed E-state index contributed by atoms with van der Waals surface area (Å²) in [6.07, 6.45) is -0.818. The topological polar surface area (TPSA) is 69.9 Å². The Bertz CT molecular complexity index is 106. The van der Waals surface area contributed by atoms with E-state index in [0.29, 0.717) is 6.42 Å². The fourth-order valence-corrected chi connectivity index (χ4v) is 1.30. The van der Waals surface area contributed by atoms with Crippen LogP contribution in [0.2, 0.25) is 0 Å². The first-order valence-corrected chi connectivity index (χ1v) is 4.07. The number of ether oxygens (including phenoxy) is 1. The molecule has 3 N–H and O–H groups in total. The normalized spacial score (nSPS) is 41.5. The van der Waals surface area contributed by atoms with Gasteiger partial charge < -0.3 is 20.1 Å². The zero-order valence-corrected chi connectivity index (χ0v) is 7.77. The van der Waals surface area contributed by atoms with Crippen molar-refractivity contribution in [3.8, 4) is 0 Å². The maximum absolute atomic E-state index is 9.33. The molecule has 0 aliphatic carbocycles. The van der Waals surface area contributed by atoms with Crippen molar-refractivity contribution in [3.05, 3.63) is 0 Å². The van der Waals surface area contributed by atoms with Crippen molar-refractivity contribution in [2.45, 2.75) is 38.8 Å². The third-order valence-corrected chi connectivity index (χ3v) is 2.01. The average Bonchev–Trinajstić information content (AvgIpc) is 2.04. The lowest BCUT2D eigenvalue weighted by Crippen LogP contribution is -2.42. The van der Waals surface area contributed by atoms with Crippen LogP contribution in [0.4, 0.5) is 0 Å². The zero-order valence-electron chi connectivity index (χ0n) is 7.77. The van der Waals surface area contributed by atoms with Crippen LogP contribution in [0.5, 0.6) is 0 Å². The molecule has 2 unspecified atom stereocenters. The summed E-state index contributed by atoms with van der Waals surface area (Å²) in [7, 11) is 1.00. The number of rotatable bonds is 0. The van der Waals surface area contributed by atoms with Crippen LogP contribution in [-0.4, -0.2) is 40.9 Å². The molecule has 0 radical (unpaired) electrons. The van der Waals surface area contributed by atoms with Crippen LogP contribution in [0.15, 0.2) is 0 Å². The van der Waals surface area contributed by atoms with Crippen molar-refractivity contribution in [2.24, 2.45) is 5.92 Å². The zero-order chi connectivity index (χ0) is 9.72. The van der Waals surface area contributed by atoms with Crippen LogP contribution < -0.4 is 0 Å². The van der Waals surface area contributed by atoms with Gasteiger partial charge in [-0.05, 0) is 12.8 Å². The summed E-state index contributed by atoms with van der Waals surface area (Å²) in [5.74, 6) is 0.138. The SMILES string of the molecule is CC1C[C@H](O)OC(C)[C@@H]1O.CO. The van der Waals surface area contributed by atoms with Gasteiger partial charge in [-0.1, -0.05) is 6.92 Å². The Morgan fingerprint density at radius 1 is 1.17 bits per heavy atom. The van der Waals surface area contributed by atoms with Crippen molar-refractivity contribution in [2.75, 3.05) is 7.11 Å². The summed E-state index contributed by atoms with van der Waals surface area (Å²) in [5, 5.41) is 25.4. The average molecular weight is 178 g/mol. The fraction of sp³-hybridized carbons (Fsp3) is 1.00. The maximum Gasteiger partial charge on any atom is 0.155 e. The smallest absolute Gasteiger partial charge is 0.155 e. The third-order valence-electron chi connectivity index (χ3n) is 2.01. The Hall–Kier alpha value is -0.160. The van der Waals surface area contributed by atoms with E-state index in [1.54, 1.807) is 6.92 Å². The van der Waals surface area contributed by atoms with Gasteiger partial charge in [0.2, 0.25) is 0 Å². The molecule has 0 aromatic carbocycles. The van der Waals surface area contributed by atoms with Gasteiger partial charge in [0.05, 0.1) is 12.2 Å². The molecule has 1 saturated heterocycles. The molecule has 0 aromatic rings. The van der Waals surface area contributed by atoms with Crippen LogP contribution in [-0.2, 0) is 4.74 Å². The number of aliphatic hydroxyl groups is 3. The number of hydrogen-bond donors (Lipinski definition) is 3.